The van der Waals surface area contributed by atoms with Crippen LogP contribution >= 0.6 is 11.3 Å². The van der Waals surface area contributed by atoms with Crippen molar-refractivity contribution in [3.05, 3.63) is 229 Å². The molecule has 13 rings (SSSR count). The van der Waals surface area contributed by atoms with Crippen molar-refractivity contribution in [3.8, 4) is 22.5 Å². The van der Waals surface area contributed by atoms with E-state index < -0.39 is 0 Å². The molecule has 3 aromatic heterocycles. The molecule has 0 amide bonds. The van der Waals surface area contributed by atoms with E-state index in [2.05, 4.69) is 232 Å². The largest absolute Gasteiger partial charge is 0.350 e. The zero-order valence-corrected chi connectivity index (χ0v) is 34.9. The molecule has 2 unspecified atom stereocenters. The molecule has 0 saturated heterocycles. The molecular formula is C57H39N5S. The minimum absolute atomic E-state index is 0.149. The second-order valence-corrected chi connectivity index (χ2v) is 17.4. The van der Waals surface area contributed by atoms with Crippen LogP contribution in [0.15, 0.2) is 217 Å². The van der Waals surface area contributed by atoms with Gasteiger partial charge in [-0.25, -0.2) is 4.99 Å². The number of para-hydroxylation sites is 3. The van der Waals surface area contributed by atoms with Crippen LogP contribution in [0.25, 0.3) is 86.3 Å². The monoisotopic (exact) mass is 825 g/mol. The van der Waals surface area contributed by atoms with Gasteiger partial charge in [0, 0.05) is 48.3 Å². The first-order chi connectivity index (χ1) is 31.3. The summed E-state index contributed by atoms with van der Waals surface area (Å²) >= 11 is 1.88. The van der Waals surface area contributed by atoms with E-state index in [0.29, 0.717) is 0 Å². The first kappa shape index (κ1) is 35.9. The van der Waals surface area contributed by atoms with Gasteiger partial charge in [0.15, 0.2) is 0 Å². The third-order valence-corrected chi connectivity index (χ3v) is 14.1. The summed E-state index contributed by atoms with van der Waals surface area (Å²) in [5.41, 5.74) is 12.8. The normalized spacial score (nSPS) is 15.5. The Morgan fingerprint density at radius 1 is 0.429 bits per heavy atom. The molecule has 4 heterocycles. The Kier molecular flexibility index (Phi) is 8.22. The lowest BCUT2D eigenvalue weighted by Crippen LogP contribution is -2.45. The first-order valence-corrected chi connectivity index (χ1v) is 22.4. The van der Waals surface area contributed by atoms with Gasteiger partial charge < -0.3 is 14.5 Å². The molecule has 1 aliphatic rings. The fraction of sp³-hybridized carbons (Fsp3) is 0.0351. The molecule has 0 aliphatic carbocycles. The molecule has 1 aliphatic heterocycles. The van der Waals surface area contributed by atoms with Gasteiger partial charge in [-0.3, -0.25) is 5.32 Å². The SMILES string of the molecule is c1ccc(-c2ccc(C3=NC(c4ccccc4)NC(c4ccccc4)N3)c3c2sc2c(-n4c5ccccc5c5ccc6c7ccccc7n(-c7ccccc7)c6c54)cccc23)cc1. The number of nitrogens with zero attached hydrogens (tertiary/aromatic N) is 3. The highest BCUT2D eigenvalue weighted by molar-refractivity contribution is 7.26. The van der Waals surface area contributed by atoms with E-state index in [1.165, 1.54) is 74.9 Å². The fourth-order valence-corrected chi connectivity index (χ4v) is 11.4. The Labute approximate surface area is 367 Å². The lowest BCUT2D eigenvalue weighted by molar-refractivity contribution is 0.409. The summed E-state index contributed by atoms with van der Waals surface area (Å²) in [5, 5.41) is 15.0. The lowest BCUT2D eigenvalue weighted by atomic mass is 9.97. The maximum Gasteiger partial charge on any atom is 0.132 e. The Hall–Kier alpha value is -7.77. The summed E-state index contributed by atoms with van der Waals surface area (Å²) in [5.74, 6) is 0.872. The molecule has 0 radical (unpaired) electrons. The van der Waals surface area contributed by atoms with E-state index in [4.69, 9.17) is 4.99 Å². The van der Waals surface area contributed by atoms with Crippen molar-refractivity contribution in [2.24, 2.45) is 4.99 Å². The smallest absolute Gasteiger partial charge is 0.132 e. The van der Waals surface area contributed by atoms with Crippen LogP contribution < -0.4 is 10.6 Å². The van der Waals surface area contributed by atoms with Crippen molar-refractivity contribution in [1.29, 1.82) is 0 Å². The third-order valence-electron chi connectivity index (χ3n) is 12.8. The number of aromatic nitrogens is 2. The molecule has 5 nitrogen and oxygen atoms in total. The van der Waals surface area contributed by atoms with Crippen LogP contribution in [-0.4, -0.2) is 15.0 Å². The van der Waals surface area contributed by atoms with E-state index in [1.54, 1.807) is 0 Å². The highest BCUT2D eigenvalue weighted by atomic mass is 32.1. The van der Waals surface area contributed by atoms with Gasteiger partial charge in [-0.2, -0.15) is 0 Å². The number of thiophene rings is 1. The van der Waals surface area contributed by atoms with Gasteiger partial charge in [0.05, 0.1) is 32.5 Å². The quantitative estimate of drug-likeness (QED) is 0.175. The van der Waals surface area contributed by atoms with Gasteiger partial charge in [-0.1, -0.05) is 176 Å². The van der Waals surface area contributed by atoms with Gasteiger partial charge in [-0.15, -0.1) is 11.3 Å². The molecular weight excluding hydrogens is 787 g/mol. The zero-order chi connectivity index (χ0) is 41.4. The second kappa shape index (κ2) is 14.4. The second-order valence-electron chi connectivity index (χ2n) is 16.3. The summed E-state index contributed by atoms with van der Waals surface area (Å²) in [6.45, 7) is 0. The number of amidine groups is 1. The minimum atomic E-state index is -0.242. The van der Waals surface area contributed by atoms with E-state index in [-0.39, 0.29) is 12.3 Å². The first-order valence-electron chi connectivity index (χ1n) is 21.5. The van der Waals surface area contributed by atoms with Crippen molar-refractivity contribution in [2.45, 2.75) is 12.3 Å². The van der Waals surface area contributed by atoms with Crippen molar-refractivity contribution in [3.63, 3.8) is 0 Å². The van der Waals surface area contributed by atoms with Crippen LogP contribution in [-0.2, 0) is 0 Å². The van der Waals surface area contributed by atoms with Crippen LogP contribution in [0.5, 0.6) is 0 Å². The van der Waals surface area contributed by atoms with Gasteiger partial charge in [-0.05, 0) is 58.7 Å². The Balaban J connectivity index is 1.13. The number of hydrogen-bond acceptors (Lipinski definition) is 4. The van der Waals surface area contributed by atoms with Crippen LogP contribution in [0.4, 0.5) is 0 Å². The number of aliphatic imine (C=N–C) groups is 1. The van der Waals surface area contributed by atoms with Crippen molar-refractivity contribution < 1.29 is 0 Å². The van der Waals surface area contributed by atoms with Crippen molar-refractivity contribution in [2.75, 3.05) is 0 Å². The predicted molar refractivity (Wildman–Crippen MR) is 265 cm³/mol. The van der Waals surface area contributed by atoms with Gasteiger partial charge in [0.2, 0.25) is 0 Å². The number of nitrogens with one attached hydrogen (secondary N) is 2. The molecule has 2 atom stereocenters. The zero-order valence-electron chi connectivity index (χ0n) is 34.1. The Bertz CT molecular complexity index is 3740. The number of benzene rings is 9. The third kappa shape index (κ3) is 5.62. The predicted octanol–water partition coefficient (Wildman–Crippen LogP) is 14.3. The topological polar surface area (TPSA) is 46.3 Å². The molecule has 6 heteroatoms. The Morgan fingerprint density at radius 2 is 0.984 bits per heavy atom. The van der Waals surface area contributed by atoms with Gasteiger partial charge in [0.25, 0.3) is 0 Å². The minimum Gasteiger partial charge on any atom is -0.350 e. The maximum absolute atomic E-state index is 5.48. The standard InChI is InChI=1S/C57H39N5S/c1-5-18-36(19-6-1)40-32-35-46(57-59-55(37-20-7-2-8-21-37)58-56(60-57)38-22-9-3-10-23-38)50-45-28-17-31-49(53(45)63-54(40)50)62-48-30-16-14-27-42(48)44-34-33-43-41-26-13-15-29-47(41)61(51(43)52(44)62)39-24-11-4-12-25-39/h1-35,55-56,58H,(H,59,60). The molecule has 0 fully saturated rings. The molecule has 63 heavy (non-hydrogen) atoms. The molecule has 0 spiro atoms. The van der Waals surface area contributed by atoms with E-state index >= 15 is 0 Å². The summed E-state index contributed by atoms with van der Waals surface area (Å²) in [4.78, 5) is 5.48. The summed E-state index contributed by atoms with van der Waals surface area (Å²) in [6.07, 6.45) is -0.391. The Morgan fingerprint density at radius 3 is 1.68 bits per heavy atom. The van der Waals surface area contributed by atoms with Crippen LogP contribution in [0.2, 0.25) is 0 Å². The highest BCUT2D eigenvalue weighted by Gasteiger charge is 2.29. The van der Waals surface area contributed by atoms with Gasteiger partial charge >= 0.3 is 0 Å². The molecule has 2 N–H and O–H groups in total. The van der Waals surface area contributed by atoms with E-state index in [9.17, 15) is 0 Å². The van der Waals surface area contributed by atoms with Gasteiger partial charge in [0.1, 0.15) is 18.2 Å². The van der Waals surface area contributed by atoms with Crippen LogP contribution in [0.1, 0.15) is 29.0 Å². The van der Waals surface area contributed by atoms with Crippen molar-refractivity contribution >= 4 is 81.0 Å². The summed E-state index contributed by atoms with van der Waals surface area (Å²) in [7, 11) is 0. The fourth-order valence-electron chi connectivity index (χ4n) is 10.0. The molecule has 0 saturated carbocycles. The molecule has 0 bridgehead atoms. The van der Waals surface area contributed by atoms with E-state index in [1.807, 2.05) is 11.3 Å². The highest BCUT2D eigenvalue weighted by Crippen LogP contribution is 2.47. The maximum atomic E-state index is 5.48. The lowest BCUT2D eigenvalue weighted by Gasteiger charge is -2.32. The average Bonchev–Trinajstić information content (AvgIpc) is 4.03. The molecule has 9 aromatic carbocycles. The number of rotatable bonds is 6. The van der Waals surface area contributed by atoms with Crippen LogP contribution in [0.3, 0.4) is 0 Å². The number of hydrogen-bond donors (Lipinski definition) is 2. The molecule has 298 valence electrons. The average molecular weight is 826 g/mol. The van der Waals surface area contributed by atoms with Crippen molar-refractivity contribution in [1.82, 2.24) is 19.8 Å². The summed E-state index contributed by atoms with van der Waals surface area (Å²) < 4.78 is 7.47. The summed E-state index contributed by atoms with van der Waals surface area (Å²) in [6, 6.07) is 76.7. The van der Waals surface area contributed by atoms with E-state index in [0.717, 1.165) is 33.9 Å². The van der Waals surface area contributed by atoms with Crippen LogP contribution in [0, 0.1) is 0 Å². The molecule has 12 aromatic rings. The number of fused-ring (bicyclic) bond motifs is 10.